The minimum absolute atomic E-state index is 0.407. The molecule has 0 radical (unpaired) electrons. The lowest BCUT2D eigenvalue weighted by Gasteiger charge is -1.91. The second kappa shape index (κ2) is 3.87. The normalized spacial score (nSPS) is 10.2. The Bertz CT molecular complexity index is 201. The lowest BCUT2D eigenvalue weighted by atomic mass is 10.7. The van der Waals surface area contributed by atoms with E-state index in [1.165, 1.54) is 0 Å². The Morgan fingerprint density at radius 1 is 1.60 bits per heavy atom. The van der Waals surface area contributed by atoms with Gasteiger partial charge in [0.2, 0.25) is 11.8 Å². The second-order valence-electron chi connectivity index (χ2n) is 1.67. The summed E-state index contributed by atoms with van der Waals surface area (Å²) >= 11 is 2.11. The van der Waals surface area contributed by atoms with E-state index in [0.717, 1.165) is 0 Å². The number of halogens is 1. The van der Waals surface area contributed by atoms with Crippen molar-refractivity contribution < 1.29 is 9.15 Å². The molecule has 0 aliphatic heterocycles. The van der Waals surface area contributed by atoms with Crippen LogP contribution in [-0.2, 0) is 11.3 Å². The Labute approximate surface area is 72.1 Å². The number of aromatic nitrogens is 2. The molecule has 1 aromatic rings. The first-order valence-electron chi connectivity index (χ1n) is 2.75. The smallest absolute Gasteiger partial charge is 0.242 e. The third-order valence-electron chi connectivity index (χ3n) is 0.871. The number of ether oxygens (including phenoxy) is 1. The standard InChI is InChI=1S/C5H7IN2O2/c1-4-7-8-5(10-4)2-9-3-6/h2-3H2,1H3. The quantitative estimate of drug-likeness (QED) is 0.602. The minimum Gasteiger partial charge on any atom is -0.423 e. The van der Waals surface area contributed by atoms with E-state index in [1.807, 2.05) is 0 Å². The molecular formula is C5H7IN2O2. The molecule has 0 atom stereocenters. The molecule has 0 unspecified atom stereocenters. The second-order valence-corrected chi connectivity index (χ2v) is 2.30. The molecule has 0 amide bonds. The molecule has 1 aromatic heterocycles. The van der Waals surface area contributed by atoms with Crippen LogP contribution in [0.1, 0.15) is 11.8 Å². The van der Waals surface area contributed by atoms with E-state index < -0.39 is 0 Å². The van der Waals surface area contributed by atoms with Crippen LogP contribution in [0, 0.1) is 6.92 Å². The van der Waals surface area contributed by atoms with Crippen LogP contribution in [0.4, 0.5) is 0 Å². The zero-order valence-electron chi connectivity index (χ0n) is 5.50. The third-order valence-corrected chi connectivity index (χ3v) is 1.31. The first-order chi connectivity index (χ1) is 4.83. The summed E-state index contributed by atoms with van der Waals surface area (Å²) in [5, 5.41) is 7.38. The number of hydrogen-bond donors (Lipinski definition) is 0. The predicted molar refractivity (Wildman–Crippen MR) is 42.7 cm³/mol. The highest BCUT2D eigenvalue weighted by Crippen LogP contribution is 1.99. The van der Waals surface area contributed by atoms with Gasteiger partial charge in [-0.15, -0.1) is 10.2 Å². The van der Waals surface area contributed by atoms with Crippen molar-refractivity contribution >= 4 is 22.6 Å². The van der Waals surface area contributed by atoms with Crippen molar-refractivity contribution in [1.82, 2.24) is 10.2 Å². The Balaban J connectivity index is 2.42. The lowest BCUT2D eigenvalue weighted by molar-refractivity contribution is 0.151. The van der Waals surface area contributed by atoms with Gasteiger partial charge in [-0.3, -0.25) is 0 Å². The molecule has 56 valence electrons. The molecular weight excluding hydrogens is 247 g/mol. The van der Waals surface area contributed by atoms with Crippen molar-refractivity contribution in [2.45, 2.75) is 13.5 Å². The van der Waals surface area contributed by atoms with Crippen molar-refractivity contribution in [1.29, 1.82) is 0 Å². The molecule has 0 fully saturated rings. The molecule has 0 saturated heterocycles. The average Bonchev–Trinajstić information content (AvgIpc) is 2.31. The van der Waals surface area contributed by atoms with Gasteiger partial charge in [-0.25, -0.2) is 0 Å². The number of rotatable bonds is 3. The maximum absolute atomic E-state index is 5.04. The summed E-state index contributed by atoms with van der Waals surface area (Å²) in [7, 11) is 0. The summed E-state index contributed by atoms with van der Waals surface area (Å²) in [6, 6.07) is 0. The van der Waals surface area contributed by atoms with Crippen LogP contribution < -0.4 is 0 Å². The SMILES string of the molecule is Cc1nnc(COCI)o1. The van der Waals surface area contributed by atoms with E-state index in [1.54, 1.807) is 6.92 Å². The number of nitrogens with zero attached hydrogens (tertiary/aromatic N) is 2. The van der Waals surface area contributed by atoms with E-state index in [2.05, 4.69) is 32.8 Å². The molecule has 0 bridgehead atoms. The molecule has 0 aliphatic carbocycles. The largest absolute Gasteiger partial charge is 0.423 e. The molecule has 0 aliphatic rings. The lowest BCUT2D eigenvalue weighted by Crippen LogP contribution is -1.89. The van der Waals surface area contributed by atoms with Gasteiger partial charge in [0.25, 0.3) is 0 Å². The first-order valence-corrected chi connectivity index (χ1v) is 4.28. The van der Waals surface area contributed by atoms with Crippen LogP contribution in [0.15, 0.2) is 4.42 Å². The molecule has 0 N–H and O–H groups in total. The summed E-state index contributed by atoms with van der Waals surface area (Å²) in [6.45, 7) is 2.16. The van der Waals surface area contributed by atoms with Crippen LogP contribution in [-0.4, -0.2) is 14.8 Å². The van der Waals surface area contributed by atoms with Gasteiger partial charge in [0.05, 0.1) is 4.61 Å². The zero-order chi connectivity index (χ0) is 7.40. The van der Waals surface area contributed by atoms with Crippen molar-refractivity contribution in [3.63, 3.8) is 0 Å². The van der Waals surface area contributed by atoms with Gasteiger partial charge >= 0.3 is 0 Å². The van der Waals surface area contributed by atoms with Gasteiger partial charge in [-0.2, -0.15) is 0 Å². The van der Waals surface area contributed by atoms with Crippen LogP contribution in [0.25, 0.3) is 0 Å². The number of alkyl halides is 1. The van der Waals surface area contributed by atoms with Crippen LogP contribution in [0.5, 0.6) is 0 Å². The Kier molecular flexibility index (Phi) is 3.07. The highest BCUT2D eigenvalue weighted by molar-refractivity contribution is 14.1. The Hall–Kier alpha value is -0.170. The summed E-state index contributed by atoms with van der Waals surface area (Å²) in [5.74, 6) is 1.11. The zero-order valence-corrected chi connectivity index (χ0v) is 7.66. The molecule has 0 aromatic carbocycles. The summed E-state index contributed by atoms with van der Waals surface area (Å²) in [4.78, 5) is 0. The van der Waals surface area contributed by atoms with Crippen LogP contribution >= 0.6 is 22.6 Å². The fourth-order valence-electron chi connectivity index (χ4n) is 0.522. The van der Waals surface area contributed by atoms with Crippen molar-refractivity contribution in [3.8, 4) is 0 Å². The van der Waals surface area contributed by atoms with Crippen LogP contribution in [0.2, 0.25) is 0 Å². The third kappa shape index (κ3) is 2.22. The fraction of sp³-hybridized carbons (Fsp3) is 0.600. The van der Waals surface area contributed by atoms with E-state index in [9.17, 15) is 0 Å². The average molecular weight is 254 g/mol. The van der Waals surface area contributed by atoms with Crippen molar-refractivity contribution in [3.05, 3.63) is 11.8 Å². The monoisotopic (exact) mass is 254 g/mol. The van der Waals surface area contributed by atoms with Gasteiger partial charge in [-0.05, 0) is 0 Å². The summed E-state index contributed by atoms with van der Waals surface area (Å²) < 4.78 is 10.7. The fourth-order valence-corrected chi connectivity index (χ4v) is 0.742. The Morgan fingerprint density at radius 2 is 2.40 bits per heavy atom. The maximum Gasteiger partial charge on any atom is 0.242 e. The van der Waals surface area contributed by atoms with Gasteiger partial charge in [-0.1, -0.05) is 22.6 Å². The van der Waals surface area contributed by atoms with Gasteiger partial charge in [0.15, 0.2) is 0 Å². The summed E-state index contributed by atoms with van der Waals surface area (Å²) in [5.41, 5.74) is 0. The molecule has 1 rings (SSSR count). The van der Waals surface area contributed by atoms with Gasteiger partial charge < -0.3 is 9.15 Å². The first kappa shape index (κ1) is 7.93. The highest BCUT2D eigenvalue weighted by atomic mass is 127. The molecule has 4 nitrogen and oxygen atoms in total. The molecule has 1 heterocycles. The van der Waals surface area contributed by atoms with E-state index in [4.69, 9.17) is 9.15 Å². The Morgan fingerprint density at radius 3 is 2.90 bits per heavy atom. The molecule has 0 saturated carbocycles. The summed E-state index contributed by atoms with van der Waals surface area (Å²) in [6.07, 6.45) is 0. The van der Waals surface area contributed by atoms with Gasteiger partial charge in [0, 0.05) is 6.92 Å². The van der Waals surface area contributed by atoms with E-state index >= 15 is 0 Å². The van der Waals surface area contributed by atoms with Crippen LogP contribution in [0.3, 0.4) is 0 Å². The van der Waals surface area contributed by atoms with E-state index in [-0.39, 0.29) is 0 Å². The molecule has 5 heteroatoms. The van der Waals surface area contributed by atoms with Crippen molar-refractivity contribution in [2.24, 2.45) is 0 Å². The minimum atomic E-state index is 0.407. The highest BCUT2D eigenvalue weighted by Gasteiger charge is 1.99. The molecule has 10 heavy (non-hydrogen) atoms. The topological polar surface area (TPSA) is 48.2 Å². The van der Waals surface area contributed by atoms with Crippen molar-refractivity contribution in [2.75, 3.05) is 4.61 Å². The van der Waals surface area contributed by atoms with Gasteiger partial charge in [0.1, 0.15) is 6.61 Å². The predicted octanol–water partition coefficient (Wildman–Crippen LogP) is 1.29. The maximum atomic E-state index is 5.04. The molecule has 0 spiro atoms. The van der Waals surface area contributed by atoms with E-state index in [0.29, 0.717) is 23.0 Å². The number of hydrogen-bond acceptors (Lipinski definition) is 4. The number of aryl methyl sites for hydroxylation is 1.